The molecule has 0 aromatic heterocycles. The summed E-state index contributed by atoms with van der Waals surface area (Å²) in [6.07, 6.45) is 10.1. The van der Waals surface area contributed by atoms with Crippen LogP contribution in [0.25, 0.3) is 17.2 Å². The molecule has 0 amide bonds. The number of phenolic OH excluding ortho intramolecular Hbond substituents is 1. The number of phenols is 1. The lowest BCUT2D eigenvalue weighted by molar-refractivity contribution is -0.131. The van der Waals surface area contributed by atoms with Crippen molar-refractivity contribution in [2.45, 2.75) is 43.9 Å². The fraction of sp³-hybridized carbons (Fsp3) is 0.385. The molecule has 4 aliphatic carbocycles. The normalized spacial score (nSPS) is 29.2. The summed E-state index contributed by atoms with van der Waals surface area (Å²) in [7, 11) is 0. The first-order valence-electron chi connectivity index (χ1n) is 10.7. The van der Waals surface area contributed by atoms with Gasteiger partial charge in [-0.15, -0.1) is 0 Å². The van der Waals surface area contributed by atoms with E-state index in [-0.39, 0.29) is 5.41 Å². The number of carbonyl (C=O) groups is 1. The molecule has 0 radical (unpaired) electrons. The van der Waals surface area contributed by atoms with Gasteiger partial charge in [-0.2, -0.15) is 5.26 Å². The molecule has 4 heteroatoms. The summed E-state index contributed by atoms with van der Waals surface area (Å²) in [5.41, 5.74) is 4.06. The molecule has 4 bridgehead atoms. The molecule has 30 heavy (non-hydrogen) atoms. The molecule has 2 aromatic rings. The first-order valence-corrected chi connectivity index (χ1v) is 10.7. The Bertz CT molecular complexity index is 1060. The van der Waals surface area contributed by atoms with E-state index in [1.54, 1.807) is 12.1 Å². The number of hydrogen-bond donors (Lipinski definition) is 2. The predicted octanol–water partition coefficient (Wildman–Crippen LogP) is 5.50. The number of carboxylic acids is 1. The topological polar surface area (TPSA) is 81.3 Å². The SMILES string of the molecule is N#Cc1cc(/C=C/C(=O)O)ccc1-c1ccc(O)c(C23CC4CC(CC(C4)C2)C3)c1. The van der Waals surface area contributed by atoms with Gasteiger partial charge in [-0.05, 0) is 103 Å². The van der Waals surface area contributed by atoms with E-state index >= 15 is 0 Å². The molecule has 4 saturated carbocycles. The fourth-order valence-corrected chi connectivity index (χ4v) is 6.75. The Morgan fingerprint density at radius 2 is 1.70 bits per heavy atom. The molecule has 152 valence electrons. The first-order chi connectivity index (χ1) is 14.5. The summed E-state index contributed by atoms with van der Waals surface area (Å²) in [5.74, 6) is 1.72. The highest BCUT2D eigenvalue weighted by Crippen LogP contribution is 2.62. The molecule has 0 aliphatic heterocycles. The first kappa shape index (κ1) is 18.9. The number of benzene rings is 2. The summed E-state index contributed by atoms with van der Waals surface area (Å²) in [6.45, 7) is 0. The number of rotatable bonds is 4. The molecule has 2 N–H and O–H groups in total. The lowest BCUT2D eigenvalue weighted by Crippen LogP contribution is -2.48. The highest BCUT2D eigenvalue weighted by molar-refractivity contribution is 5.85. The quantitative estimate of drug-likeness (QED) is 0.666. The Labute approximate surface area is 176 Å². The average Bonchev–Trinajstić information content (AvgIpc) is 2.71. The Kier molecular flexibility index (Phi) is 4.43. The van der Waals surface area contributed by atoms with Gasteiger partial charge in [0, 0.05) is 11.6 Å². The Hall–Kier alpha value is -3.06. The predicted molar refractivity (Wildman–Crippen MR) is 115 cm³/mol. The van der Waals surface area contributed by atoms with Crippen molar-refractivity contribution >= 4 is 12.0 Å². The van der Waals surface area contributed by atoms with Gasteiger partial charge >= 0.3 is 5.97 Å². The zero-order valence-electron chi connectivity index (χ0n) is 16.8. The minimum atomic E-state index is -1.02. The third-order valence-corrected chi connectivity index (χ3v) is 7.50. The largest absolute Gasteiger partial charge is 0.508 e. The zero-order chi connectivity index (χ0) is 20.9. The van der Waals surface area contributed by atoms with Crippen molar-refractivity contribution in [2.75, 3.05) is 0 Å². The second-order valence-electron chi connectivity index (χ2n) is 9.52. The summed E-state index contributed by atoms with van der Waals surface area (Å²) in [5, 5.41) is 29.3. The van der Waals surface area contributed by atoms with Gasteiger partial charge in [-0.25, -0.2) is 4.79 Å². The monoisotopic (exact) mass is 399 g/mol. The molecule has 4 fully saturated rings. The standard InChI is InChI=1S/C26H25NO3/c27-15-21-10-16(2-6-25(29)30)1-4-22(21)20-3-5-24(28)23(11-20)26-12-17-7-18(13-26)9-19(8-17)14-26/h1-6,10-11,17-19,28H,7-9,12-14H2,(H,29,30)/b6-2+. The van der Waals surface area contributed by atoms with Crippen molar-refractivity contribution in [3.05, 3.63) is 59.2 Å². The van der Waals surface area contributed by atoms with Crippen molar-refractivity contribution < 1.29 is 15.0 Å². The Balaban J connectivity index is 1.55. The fourth-order valence-electron chi connectivity index (χ4n) is 6.75. The van der Waals surface area contributed by atoms with Crippen molar-refractivity contribution in [3.63, 3.8) is 0 Å². The van der Waals surface area contributed by atoms with Crippen LogP contribution in [0.15, 0.2) is 42.5 Å². The van der Waals surface area contributed by atoms with Crippen LogP contribution in [0.4, 0.5) is 0 Å². The number of nitrogens with zero attached hydrogens (tertiary/aromatic N) is 1. The van der Waals surface area contributed by atoms with E-state index in [9.17, 15) is 15.2 Å². The summed E-state index contributed by atoms with van der Waals surface area (Å²) >= 11 is 0. The van der Waals surface area contributed by atoms with E-state index in [2.05, 4.69) is 12.1 Å². The van der Waals surface area contributed by atoms with Crippen LogP contribution in [0, 0.1) is 29.1 Å². The van der Waals surface area contributed by atoms with Gasteiger partial charge in [-0.3, -0.25) is 0 Å². The molecular formula is C26H25NO3. The average molecular weight is 399 g/mol. The summed E-state index contributed by atoms with van der Waals surface area (Å²) < 4.78 is 0. The van der Waals surface area contributed by atoms with Crippen LogP contribution in [-0.2, 0) is 10.2 Å². The van der Waals surface area contributed by atoms with Gasteiger partial charge < -0.3 is 10.2 Å². The third kappa shape index (κ3) is 3.19. The highest BCUT2D eigenvalue weighted by Gasteiger charge is 2.52. The summed E-state index contributed by atoms with van der Waals surface area (Å²) in [6, 6.07) is 13.4. The maximum Gasteiger partial charge on any atom is 0.328 e. The Morgan fingerprint density at radius 1 is 1.03 bits per heavy atom. The van der Waals surface area contributed by atoms with Crippen LogP contribution < -0.4 is 0 Å². The third-order valence-electron chi connectivity index (χ3n) is 7.50. The minimum Gasteiger partial charge on any atom is -0.508 e. The molecule has 0 atom stereocenters. The molecule has 2 aromatic carbocycles. The Morgan fingerprint density at radius 3 is 2.30 bits per heavy atom. The van der Waals surface area contributed by atoms with Gasteiger partial charge in [0.1, 0.15) is 5.75 Å². The van der Waals surface area contributed by atoms with E-state index in [1.165, 1.54) is 44.6 Å². The van der Waals surface area contributed by atoms with Crippen LogP contribution in [0.5, 0.6) is 5.75 Å². The molecule has 0 unspecified atom stereocenters. The van der Waals surface area contributed by atoms with Gasteiger partial charge in [-0.1, -0.05) is 18.2 Å². The van der Waals surface area contributed by atoms with Crippen molar-refractivity contribution in [1.29, 1.82) is 5.26 Å². The minimum absolute atomic E-state index is 0.0752. The number of carboxylic acid groups (broad SMARTS) is 1. The van der Waals surface area contributed by atoms with Crippen LogP contribution >= 0.6 is 0 Å². The van der Waals surface area contributed by atoms with E-state index in [4.69, 9.17) is 5.11 Å². The zero-order valence-corrected chi connectivity index (χ0v) is 16.8. The van der Waals surface area contributed by atoms with Crippen molar-refractivity contribution in [1.82, 2.24) is 0 Å². The molecule has 0 heterocycles. The number of nitriles is 1. The molecule has 4 aliphatic rings. The number of hydrogen-bond acceptors (Lipinski definition) is 3. The lowest BCUT2D eigenvalue weighted by Gasteiger charge is -2.57. The number of aromatic hydroxyl groups is 1. The second kappa shape index (κ2) is 7.02. The molecule has 4 nitrogen and oxygen atoms in total. The highest BCUT2D eigenvalue weighted by atomic mass is 16.4. The summed E-state index contributed by atoms with van der Waals surface area (Å²) in [4.78, 5) is 10.8. The van der Waals surface area contributed by atoms with Crippen LogP contribution in [0.3, 0.4) is 0 Å². The van der Waals surface area contributed by atoms with Crippen molar-refractivity contribution in [2.24, 2.45) is 17.8 Å². The van der Waals surface area contributed by atoms with Crippen LogP contribution in [0.2, 0.25) is 0 Å². The van der Waals surface area contributed by atoms with Crippen molar-refractivity contribution in [3.8, 4) is 22.9 Å². The maximum absolute atomic E-state index is 10.8. The van der Waals surface area contributed by atoms with E-state index in [1.807, 2.05) is 18.2 Å². The number of aliphatic carboxylic acids is 1. The van der Waals surface area contributed by atoms with Gasteiger partial charge in [0.2, 0.25) is 0 Å². The van der Waals surface area contributed by atoms with Gasteiger partial charge in [0.05, 0.1) is 11.6 Å². The van der Waals surface area contributed by atoms with E-state index in [0.29, 0.717) is 16.9 Å². The lowest BCUT2D eigenvalue weighted by atomic mass is 9.48. The maximum atomic E-state index is 10.8. The molecule has 0 spiro atoms. The molecule has 6 rings (SSSR count). The van der Waals surface area contributed by atoms with Crippen LogP contribution in [-0.4, -0.2) is 16.2 Å². The van der Waals surface area contributed by atoms with Gasteiger partial charge in [0.15, 0.2) is 0 Å². The van der Waals surface area contributed by atoms with E-state index in [0.717, 1.165) is 40.5 Å². The molecular weight excluding hydrogens is 374 g/mol. The smallest absolute Gasteiger partial charge is 0.328 e. The molecule has 0 saturated heterocycles. The van der Waals surface area contributed by atoms with E-state index < -0.39 is 5.97 Å². The van der Waals surface area contributed by atoms with Crippen LogP contribution in [0.1, 0.15) is 55.2 Å². The second-order valence-corrected chi connectivity index (χ2v) is 9.52. The van der Waals surface area contributed by atoms with Gasteiger partial charge in [0.25, 0.3) is 0 Å².